The smallest absolute Gasteiger partial charge is 0.264 e. The Hall–Kier alpha value is -3.04. The summed E-state index contributed by atoms with van der Waals surface area (Å²) in [6.07, 6.45) is 10.3. The number of aryl methyl sites for hydroxylation is 1. The number of hydrogen-bond donors (Lipinski definition) is 2. The number of nitrogens with one attached hydrogen (secondary N) is 2. The van der Waals surface area contributed by atoms with Gasteiger partial charge in [-0.3, -0.25) is 9.59 Å². The lowest BCUT2D eigenvalue weighted by molar-refractivity contribution is -0.120. The van der Waals surface area contributed by atoms with E-state index >= 15 is 0 Å². The van der Waals surface area contributed by atoms with Gasteiger partial charge in [-0.25, -0.2) is 13.1 Å². The molecule has 2 amide bonds. The molecule has 2 aromatic rings. The minimum absolute atomic E-state index is 0.0778. The Labute approximate surface area is 265 Å². The van der Waals surface area contributed by atoms with Crippen molar-refractivity contribution < 1.29 is 22.7 Å². The Morgan fingerprint density at radius 2 is 2.02 bits per heavy atom. The van der Waals surface area contributed by atoms with Crippen LogP contribution in [0.5, 0.6) is 5.75 Å². The SMILES string of the molecule is CC[C@@H]1CC/C=C/[C@H](NC(C)=O)[C@@H]2CC[C@H]2CN2C[C@@]3(CCCc4cc(Cl)ccc43)COc3ccc(cc32)C(=O)NS1(=O)=O. The van der Waals surface area contributed by atoms with E-state index in [1.165, 1.54) is 11.1 Å². The molecule has 0 unspecified atom stereocenters. The summed E-state index contributed by atoms with van der Waals surface area (Å²) in [7, 11) is -3.90. The van der Waals surface area contributed by atoms with E-state index in [4.69, 9.17) is 16.3 Å². The molecular weight excluding hydrogens is 598 g/mol. The summed E-state index contributed by atoms with van der Waals surface area (Å²) < 4.78 is 35.5. The van der Waals surface area contributed by atoms with Gasteiger partial charge in [0.1, 0.15) is 5.75 Å². The second-order valence-corrected chi connectivity index (χ2v) is 15.4. The molecule has 8 nitrogen and oxygen atoms in total. The fourth-order valence-electron chi connectivity index (χ4n) is 7.74. The normalized spacial score (nSPS) is 30.4. The summed E-state index contributed by atoms with van der Waals surface area (Å²) in [5, 5.41) is 3.18. The number of carbonyl (C=O) groups excluding carboxylic acids is 2. The van der Waals surface area contributed by atoms with Crippen molar-refractivity contribution in [2.75, 3.05) is 24.6 Å². The Morgan fingerprint density at radius 1 is 1.18 bits per heavy atom. The summed E-state index contributed by atoms with van der Waals surface area (Å²) in [5.41, 5.74) is 3.32. The maximum absolute atomic E-state index is 13.4. The van der Waals surface area contributed by atoms with Gasteiger partial charge in [0, 0.05) is 36.0 Å². The molecule has 236 valence electrons. The Bertz CT molecular complexity index is 1580. The fraction of sp³-hybridized carbons (Fsp3) is 0.529. The zero-order valence-electron chi connectivity index (χ0n) is 25.5. The number of anilines is 1. The lowest BCUT2D eigenvalue weighted by Gasteiger charge is -2.46. The minimum Gasteiger partial charge on any atom is -0.490 e. The van der Waals surface area contributed by atoms with Crippen molar-refractivity contribution in [1.29, 1.82) is 0 Å². The van der Waals surface area contributed by atoms with Gasteiger partial charge in [0.05, 0.1) is 23.6 Å². The number of sulfonamides is 1. The third kappa shape index (κ3) is 6.10. The molecule has 2 bridgehead atoms. The number of hydrogen-bond acceptors (Lipinski definition) is 6. The Kier molecular flexibility index (Phi) is 8.72. The average Bonchev–Trinajstić information content (AvgIpc) is 3.11. The largest absolute Gasteiger partial charge is 0.490 e. The number of nitrogens with zero attached hydrogens (tertiary/aromatic N) is 1. The highest BCUT2D eigenvalue weighted by Gasteiger charge is 2.44. The molecule has 1 saturated carbocycles. The molecule has 0 aromatic heterocycles. The molecule has 2 aromatic carbocycles. The molecule has 5 atom stereocenters. The number of ether oxygens (including phenoxy) is 1. The first-order valence-corrected chi connectivity index (χ1v) is 17.8. The van der Waals surface area contributed by atoms with Crippen LogP contribution in [0.4, 0.5) is 5.69 Å². The van der Waals surface area contributed by atoms with E-state index in [1.807, 2.05) is 25.1 Å². The summed E-state index contributed by atoms with van der Waals surface area (Å²) in [5.74, 6) is 0.552. The van der Waals surface area contributed by atoms with E-state index in [1.54, 1.807) is 25.1 Å². The van der Waals surface area contributed by atoms with E-state index in [0.29, 0.717) is 44.1 Å². The molecule has 2 aliphatic carbocycles. The fourth-order valence-corrected chi connectivity index (χ4v) is 9.36. The van der Waals surface area contributed by atoms with Crippen LogP contribution in [0.2, 0.25) is 5.02 Å². The maximum Gasteiger partial charge on any atom is 0.264 e. The van der Waals surface area contributed by atoms with Gasteiger partial charge in [0.2, 0.25) is 15.9 Å². The predicted molar refractivity (Wildman–Crippen MR) is 173 cm³/mol. The third-order valence-electron chi connectivity index (χ3n) is 10.2. The third-order valence-corrected chi connectivity index (χ3v) is 12.3. The monoisotopic (exact) mass is 639 g/mol. The van der Waals surface area contributed by atoms with Gasteiger partial charge in [-0.2, -0.15) is 0 Å². The molecule has 44 heavy (non-hydrogen) atoms. The van der Waals surface area contributed by atoms with Crippen molar-refractivity contribution in [1.82, 2.24) is 10.0 Å². The van der Waals surface area contributed by atoms with E-state index in [9.17, 15) is 18.0 Å². The zero-order valence-corrected chi connectivity index (χ0v) is 27.1. The Balaban J connectivity index is 1.43. The molecule has 6 rings (SSSR count). The van der Waals surface area contributed by atoms with Crippen molar-refractivity contribution in [2.24, 2.45) is 11.8 Å². The highest BCUT2D eigenvalue weighted by molar-refractivity contribution is 7.90. The second kappa shape index (κ2) is 12.4. The number of amides is 2. The van der Waals surface area contributed by atoms with Crippen LogP contribution in [0, 0.1) is 11.8 Å². The van der Waals surface area contributed by atoms with Crippen molar-refractivity contribution in [3.05, 3.63) is 70.3 Å². The molecule has 0 saturated heterocycles. The van der Waals surface area contributed by atoms with Crippen molar-refractivity contribution in [3.8, 4) is 5.75 Å². The minimum atomic E-state index is -3.90. The lowest BCUT2D eigenvalue weighted by Crippen LogP contribution is -2.51. The van der Waals surface area contributed by atoms with Crippen molar-refractivity contribution in [2.45, 2.75) is 81.9 Å². The van der Waals surface area contributed by atoms with Crippen LogP contribution in [-0.4, -0.2) is 51.2 Å². The second-order valence-electron chi connectivity index (χ2n) is 13.0. The van der Waals surface area contributed by atoms with Crippen LogP contribution in [0.3, 0.4) is 0 Å². The van der Waals surface area contributed by atoms with Crippen molar-refractivity contribution in [3.63, 3.8) is 0 Å². The van der Waals surface area contributed by atoms with Crippen LogP contribution < -0.4 is 19.7 Å². The number of rotatable bonds is 2. The average molecular weight is 640 g/mol. The molecule has 4 aliphatic rings. The first-order chi connectivity index (χ1) is 21.1. The van der Waals surface area contributed by atoms with E-state index < -0.39 is 21.2 Å². The first-order valence-electron chi connectivity index (χ1n) is 15.9. The summed E-state index contributed by atoms with van der Waals surface area (Å²) in [6, 6.07) is 11.3. The standard InChI is InChI=1S/C34H42ClN3O5S/c1-3-27-8-4-5-9-30(36-22(2)39)28-13-10-25(28)19-38-20-34(16-6-7-23-17-26(35)12-14-29(23)34)21-43-32-15-11-24(18-31(32)38)33(40)37-44(27,41)42/h5,9,11-12,14-15,17-18,25,27-28,30H,3-4,6-8,10,13,16,19-21H2,1-2H3,(H,36,39)(H,37,40)/b9-5+/t25-,27+,28+,30-,34-/m0/s1. The lowest BCUT2D eigenvalue weighted by atomic mass is 9.68. The molecular formula is C34H42ClN3O5S. The van der Waals surface area contributed by atoms with Crippen LogP contribution in [0.25, 0.3) is 0 Å². The highest BCUT2D eigenvalue weighted by Crippen LogP contribution is 2.46. The van der Waals surface area contributed by atoms with Crippen LogP contribution in [0.15, 0.2) is 48.6 Å². The molecule has 0 radical (unpaired) electrons. The number of allylic oxidation sites excluding steroid dienone is 1. The highest BCUT2D eigenvalue weighted by atomic mass is 35.5. The predicted octanol–water partition coefficient (Wildman–Crippen LogP) is 5.53. The molecule has 1 fully saturated rings. The number of carbonyl (C=O) groups is 2. The molecule has 2 aliphatic heterocycles. The zero-order chi connectivity index (χ0) is 31.1. The molecule has 10 heteroatoms. The molecule has 2 N–H and O–H groups in total. The van der Waals surface area contributed by atoms with Gasteiger partial charge < -0.3 is 15.0 Å². The van der Waals surface area contributed by atoms with E-state index in [-0.39, 0.29) is 28.8 Å². The first kappa shape index (κ1) is 31.0. The molecule has 1 spiro atoms. The van der Waals surface area contributed by atoms with Gasteiger partial charge >= 0.3 is 0 Å². The van der Waals surface area contributed by atoms with Crippen LogP contribution in [0.1, 0.15) is 80.3 Å². The number of halogens is 1. The quantitative estimate of drug-likeness (QED) is 0.419. The van der Waals surface area contributed by atoms with E-state index in [0.717, 1.165) is 49.4 Å². The molecule has 2 heterocycles. The van der Waals surface area contributed by atoms with Gasteiger partial charge in [0.15, 0.2) is 0 Å². The van der Waals surface area contributed by atoms with Gasteiger partial charge in [-0.15, -0.1) is 0 Å². The summed E-state index contributed by atoms with van der Waals surface area (Å²) in [4.78, 5) is 28.0. The van der Waals surface area contributed by atoms with Crippen LogP contribution >= 0.6 is 11.6 Å². The van der Waals surface area contributed by atoms with Crippen LogP contribution in [-0.2, 0) is 26.7 Å². The topological polar surface area (TPSA) is 105 Å². The van der Waals surface area contributed by atoms with E-state index in [2.05, 4.69) is 27.1 Å². The van der Waals surface area contributed by atoms with Gasteiger partial charge in [-0.05, 0) is 105 Å². The number of fused-ring (bicyclic) bond motifs is 4. The summed E-state index contributed by atoms with van der Waals surface area (Å²) in [6.45, 7) is 5.29. The summed E-state index contributed by atoms with van der Waals surface area (Å²) >= 11 is 6.41. The van der Waals surface area contributed by atoms with Gasteiger partial charge in [0.25, 0.3) is 5.91 Å². The Morgan fingerprint density at radius 3 is 2.77 bits per heavy atom. The maximum atomic E-state index is 13.4. The number of benzene rings is 2. The van der Waals surface area contributed by atoms with Gasteiger partial charge in [-0.1, -0.05) is 36.7 Å². The van der Waals surface area contributed by atoms with Crippen molar-refractivity contribution >= 4 is 39.1 Å².